The highest BCUT2D eigenvalue weighted by Gasteiger charge is 2.26. The van der Waals surface area contributed by atoms with E-state index in [1.165, 1.54) is 6.08 Å². The van der Waals surface area contributed by atoms with Crippen LogP contribution in [0, 0.1) is 6.92 Å². The normalized spacial score (nSPS) is 15.4. The van der Waals surface area contributed by atoms with Crippen molar-refractivity contribution in [2.45, 2.75) is 20.0 Å². The Morgan fingerprint density at radius 1 is 1.07 bits per heavy atom. The molecule has 2 aromatic carbocycles. The molecular formula is C23H25ClN2O3. The van der Waals surface area contributed by atoms with E-state index in [1.54, 1.807) is 24.0 Å². The molecule has 0 spiro atoms. The molecule has 1 aliphatic heterocycles. The second kappa shape index (κ2) is 9.61. The van der Waals surface area contributed by atoms with Crippen molar-refractivity contribution >= 4 is 35.2 Å². The first-order valence-corrected chi connectivity index (χ1v) is 10.1. The van der Waals surface area contributed by atoms with Gasteiger partial charge in [-0.2, -0.15) is 0 Å². The van der Waals surface area contributed by atoms with Crippen molar-refractivity contribution < 1.29 is 14.3 Å². The highest BCUT2D eigenvalue weighted by molar-refractivity contribution is 6.31. The number of carbonyl (C=O) groups is 2. The predicted octanol–water partition coefficient (Wildman–Crippen LogP) is 3.94. The molecule has 6 heteroatoms. The number of benzene rings is 2. The molecule has 5 nitrogen and oxygen atoms in total. The lowest BCUT2D eigenvalue weighted by Gasteiger charge is -2.36. The van der Waals surface area contributed by atoms with E-state index < -0.39 is 12.1 Å². The second-order valence-electron chi connectivity index (χ2n) is 7.07. The van der Waals surface area contributed by atoms with Crippen molar-refractivity contribution in [2.24, 2.45) is 0 Å². The quantitative estimate of drug-likeness (QED) is 0.551. The van der Waals surface area contributed by atoms with Gasteiger partial charge in [-0.15, -0.1) is 0 Å². The van der Waals surface area contributed by atoms with Gasteiger partial charge in [0, 0.05) is 43.0 Å². The summed E-state index contributed by atoms with van der Waals surface area (Å²) in [5.74, 6) is -0.719. The number of halogens is 1. The Bertz CT molecular complexity index is 890. The summed E-state index contributed by atoms with van der Waals surface area (Å²) in [5, 5.41) is 0.638. The zero-order valence-corrected chi connectivity index (χ0v) is 17.4. The third kappa shape index (κ3) is 5.61. The van der Waals surface area contributed by atoms with Gasteiger partial charge in [0.15, 0.2) is 6.10 Å². The number of carbonyl (C=O) groups excluding carboxylic acids is 2. The molecular weight excluding hydrogens is 388 g/mol. The first-order chi connectivity index (χ1) is 13.9. The molecule has 1 heterocycles. The highest BCUT2D eigenvalue weighted by atomic mass is 35.5. The summed E-state index contributed by atoms with van der Waals surface area (Å²) in [7, 11) is 0. The fourth-order valence-electron chi connectivity index (χ4n) is 3.22. The first-order valence-electron chi connectivity index (χ1n) is 9.67. The van der Waals surface area contributed by atoms with E-state index in [0.717, 1.165) is 29.9 Å². The average Bonchev–Trinajstić information content (AvgIpc) is 2.74. The Balaban J connectivity index is 1.49. The van der Waals surface area contributed by atoms with Gasteiger partial charge in [-0.3, -0.25) is 4.79 Å². The lowest BCUT2D eigenvalue weighted by atomic mass is 10.1. The van der Waals surface area contributed by atoms with Crippen molar-refractivity contribution in [3.05, 3.63) is 70.8 Å². The summed E-state index contributed by atoms with van der Waals surface area (Å²) in [6.07, 6.45) is 2.12. The molecule has 1 fully saturated rings. The van der Waals surface area contributed by atoms with Gasteiger partial charge in [0.05, 0.1) is 0 Å². The molecule has 152 valence electrons. The number of nitrogens with zero attached hydrogens (tertiary/aromatic N) is 2. The lowest BCUT2D eigenvalue weighted by molar-refractivity contribution is -0.155. The maximum Gasteiger partial charge on any atom is 0.331 e. The molecule has 0 radical (unpaired) electrons. The van der Waals surface area contributed by atoms with E-state index in [9.17, 15) is 9.59 Å². The number of ether oxygens (including phenoxy) is 1. The minimum absolute atomic E-state index is 0.169. The van der Waals surface area contributed by atoms with Crippen LogP contribution in [0.4, 0.5) is 5.69 Å². The molecule has 29 heavy (non-hydrogen) atoms. The first kappa shape index (κ1) is 20.9. The number of hydrogen-bond donors (Lipinski definition) is 0. The number of para-hydroxylation sites is 1. The van der Waals surface area contributed by atoms with E-state index in [1.807, 2.05) is 37.3 Å². The summed E-state index contributed by atoms with van der Waals surface area (Å²) in [6, 6.07) is 15.7. The van der Waals surface area contributed by atoms with Gasteiger partial charge < -0.3 is 14.5 Å². The lowest BCUT2D eigenvalue weighted by Crippen LogP contribution is -2.51. The van der Waals surface area contributed by atoms with Gasteiger partial charge >= 0.3 is 5.97 Å². The number of rotatable bonds is 5. The number of anilines is 1. The Morgan fingerprint density at radius 3 is 2.41 bits per heavy atom. The Kier molecular flexibility index (Phi) is 6.94. The summed E-state index contributed by atoms with van der Waals surface area (Å²) >= 11 is 6.09. The van der Waals surface area contributed by atoms with Crippen LogP contribution in [0.3, 0.4) is 0 Å². The topological polar surface area (TPSA) is 49.9 Å². The van der Waals surface area contributed by atoms with Gasteiger partial charge in [0.1, 0.15) is 0 Å². The van der Waals surface area contributed by atoms with Crippen LogP contribution in [0.2, 0.25) is 5.02 Å². The molecule has 0 N–H and O–H groups in total. The minimum atomic E-state index is -0.822. The van der Waals surface area contributed by atoms with Crippen LogP contribution in [0.15, 0.2) is 54.6 Å². The van der Waals surface area contributed by atoms with Gasteiger partial charge in [0.25, 0.3) is 5.91 Å². The third-order valence-corrected chi connectivity index (χ3v) is 5.37. The molecule has 0 aromatic heterocycles. The van der Waals surface area contributed by atoms with Crippen LogP contribution in [-0.4, -0.2) is 49.1 Å². The molecule has 3 rings (SSSR count). The Hall–Kier alpha value is -2.79. The molecule has 0 unspecified atom stereocenters. The van der Waals surface area contributed by atoms with Crippen LogP contribution in [-0.2, 0) is 14.3 Å². The van der Waals surface area contributed by atoms with Crippen molar-refractivity contribution in [1.82, 2.24) is 4.90 Å². The number of esters is 1. The monoisotopic (exact) mass is 412 g/mol. The SMILES string of the molecule is Cc1ccc(/C=C/C(=O)O[C@H](C)C(=O)N2CCN(c3ccccc3)CC2)cc1Cl. The van der Waals surface area contributed by atoms with Crippen molar-refractivity contribution in [1.29, 1.82) is 0 Å². The smallest absolute Gasteiger partial charge is 0.331 e. The summed E-state index contributed by atoms with van der Waals surface area (Å²) in [6.45, 7) is 6.24. The fraction of sp³-hybridized carbons (Fsp3) is 0.304. The van der Waals surface area contributed by atoms with Crippen LogP contribution in [0.1, 0.15) is 18.1 Å². The summed E-state index contributed by atoms with van der Waals surface area (Å²) in [4.78, 5) is 28.7. The molecule has 1 amide bonds. The van der Waals surface area contributed by atoms with Crippen LogP contribution >= 0.6 is 11.6 Å². The fourth-order valence-corrected chi connectivity index (χ4v) is 3.41. The largest absolute Gasteiger partial charge is 0.449 e. The molecule has 0 aliphatic carbocycles. The summed E-state index contributed by atoms with van der Waals surface area (Å²) in [5.41, 5.74) is 2.92. The van der Waals surface area contributed by atoms with Crippen molar-refractivity contribution in [3.8, 4) is 0 Å². The highest BCUT2D eigenvalue weighted by Crippen LogP contribution is 2.18. The van der Waals surface area contributed by atoms with Crippen LogP contribution < -0.4 is 4.90 Å². The van der Waals surface area contributed by atoms with E-state index in [4.69, 9.17) is 16.3 Å². The second-order valence-corrected chi connectivity index (χ2v) is 7.48. The zero-order chi connectivity index (χ0) is 20.8. The molecule has 0 bridgehead atoms. The molecule has 2 aromatic rings. The van der Waals surface area contributed by atoms with Crippen LogP contribution in [0.5, 0.6) is 0 Å². The molecule has 1 atom stereocenters. The predicted molar refractivity (Wildman–Crippen MR) is 116 cm³/mol. The molecule has 1 saturated heterocycles. The number of piperazine rings is 1. The van der Waals surface area contributed by atoms with Crippen molar-refractivity contribution in [2.75, 3.05) is 31.1 Å². The Morgan fingerprint density at radius 2 is 1.76 bits per heavy atom. The van der Waals surface area contributed by atoms with Gasteiger partial charge in [-0.25, -0.2) is 4.79 Å². The maximum atomic E-state index is 12.6. The molecule has 1 aliphatic rings. The third-order valence-electron chi connectivity index (χ3n) is 4.96. The molecule has 0 saturated carbocycles. The van der Waals surface area contributed by atoms with E-state index in [0.29, 0.717) is 18.1 Å². The summed E-state index contributed by atoms with van der Waals surface area (Å²) < 4.78 is 5.29. The number of amides is 1. The van der Waals surface area contributed by atoms with Gasteiger partial charge in [-0.1, -0.05) is 41.9 Å². The van der Waals surface area contributed by atoms with E-state index in [2.05, 4.69) is 17.0 Å². The Labute approximate surface area is 176 Å². The zero-order valence-electron chi connectivity index (χ0n) is 16.7. The van der Waals surface area contributed by atoms with Gasteiger partial charge in [0.2, 0.25) is 0 Å². The van der Waals surface area contributed by atoms with Gasteiger partial charge in [-0.05, 0) is 49.2 Å². The maximum absolute atomic E-state index is 12.6. The number of aryl methyl sites for hydroxylation is 1. The minimum Gasteiger partial charge on any atom is -0.449 e. The standard InChI is InChI=1S/C23H25ClN2O3/c1-17-8-9-19(16-21(17)24)10-11-22(27)29-18(2)23(28)26-14-12-25(13-15-26)20-6-4-3-5-7-20/h3-11,16,18H,12-15H2,1-2H3/b11-10+/t18-/m1/s1. The van der Waals surface area contributed by atoms with E-state index in [-0.39, 0.29) is 5.91 Å². The number of hydrogen-bond acceptors (Lipinski definition) is 4. The van der Waals surface area contributed by atoms with Crippen LogP contribution in [0.25, 0.3) is 6.08 Å². The average molecular weight is 413 g/mol. The van der Waals surface area contributed by atoms with Crippen molar-refractivity contribution in [3.63, 3.8) is 0 Å². The van der Waals surface area contributed by atoms with E-state index >= 15 is 0 Å².